The fourth-order valence-electron chi connectivity index (χ4n) is 9.21. The van der Waals surface area contributed by atoms with Gasteiger partial charge in [0.2, 0.25) is 12.4 Å². The number of aryl methyl sites for hydroxylation is 3. The van der Waals surface area contributed by atoms with Crippen molar-refractivity contribution >= 4 is 29.2 Å². The summed E-state index contributed by atoms with van der Waals surface area (Å²) in [4.78, 5) is 14.2. The van der Waals surface area contributed by atoms with E-state index < -0.39 is 41.2 Å². The van der Waals surface area contributed by atoms with Crippen molar-refractivity contribution in [3.05, 3.63) is 263 Å². The molecule has 0 atom stereocenters. The van der Waals surface area contributed by atoms with E-state index in [1.807, 2.05) is 91.8 Å². The number of carboxylic acid groups (broad SMARTS) is 1. The monoisotopic (exact) mass is 1400 g/mol. The number of nitrogens with zero attached hydrogens (tertiary/aromatic N) is 2. The molecule has 8 rings (SSSR count). The van der Waals surface area contributed by atoms with Crippen LogP contribution in [0.15, 0.2) is 158 Å². The zero-order valence-electron chi connectivity index (χ0n) is 59.1. The quantitative estimate of drug-likeness (QED) is 0.0810. The molecular weight excluding hydrogens is 1310 g/mol. The Labute approximate surface area is 577 Å². The van der Waals surface area contributed by atoms with E-state index in [9.17, 15) is 53.1 Å². The van der Waals surface area contributed by atoms with E-state index >= 15 is 0 Å². The van der Waals surface area contributed by atoms with Crippen molar-refractivity contribution in [3.8, 4) is 5.75 Å². The minimum atomic E-state index is -4.33. The number of aromatic nitrogens is 2. The molecule has 532 valence electrons. The molecule has 0 bridgehead atoms. The summed E-state index contributed by atoms with van der Waals surface area (Å²) < 4.78 is 143. The number of halogens is 13. The maximum Gasteiger partial charge on any atom is 0.416 e. The Morgan fingerprint density at radius 2 is 0.845 bits per heavy atom. The van der Waals surface area contributed by atoms with Crippen molar-refractivity contribution in [3.63, 3.8) is 0 Å². The fourth-order valence-corrected chi connectivity index (χ4v) is 9.78. The summed E-state index contributed by atoms with van der Waals surface area (Å²) in [6, 6.07) is 36.5. The molecular formula is C78H96Cl2F11N2O4+. The average molecular weight is 1410 g/mol. The lowest BCUT2D eigenvalue weighted by molar-refractivity contribution is -0.905. The zero-order chi connectivity index (χ0) is 74.6. The molecule has 19 heteroatoms. The maximum absolute atomic E-state index is 12.6. The standard InChI is InChI=1S/C11H13F3.2C10H10ClF3.2C10H13F.C10H14O.C9H11NO2.C8H12NO/c1-7(2)10-5-4-9(6-8(10)3)11(12,13)14;1-6(2)8-4-3-7(11)5-9(8)10(12,13)14;1-6(2)8-4-3-7(5-9(8)11)10(12,13)14;2*1-7(2)10-5-4-9(11)6-8(10)3;1-8(2)9-4-6-10(11-3)7-5-9;1-6(2)7-3-4-8(9(11)12)10-5-7;1-7(2)8-4-3-5-9(10)6-8/h4-7H,1-3H3;2*3-6H,1-2H3;2*4-7H,1-3H3;4-8H,1-3H3;3-6H,1-2H3,(H,11,12);3-7,10H,1-2H3/q;;;;;;;+1. The second-order valence-corrected chi connectivity index (χ2v) is 26.2. The predicted octanol–water partition coefficient (Wildman–Crippen LogP) is 25.7. The van der Waals surface area contributed by atoms with Crippen molar-refractivity contribution in [1.29, 1.82) is 0 Å². The van der Waals surface area contributed by atoms with Crippen LogP contribution in [-0.4, -0.2) is 28.4 Å². The van der Waals surface area contributed by atoms with Crippen molar-refractivity contribution in [1.82, 2.24) is 4.98 Å². The van der Waals surface area contributed by atoms with Gasteiger partial charge in [-0.2, -0.15) is 39.5 Å². The molecule has 2 aromatic heterocycles. The number of hydrogen-bond acceptors (Lipinski definition) is 4. The molecule has 2 heterocycles. The summed E-state index contributed by atoms with van der Waals surface area (Å²) in [5, 5.41) is 17.8. The van der Waals surface area contributed by atoms with Gasteiger partial charge in [0.25, 0.3) is 0 Å². The summed E-state index contributed by atoms with van der Waals surface area (Å²) in [6.07, 6.45) is -7.96. The van der Waals surface area contributed by atoms with Crippen LogP contribution in [0.2, 0.25) is 10.0 Å². The Kier molecular flexibility index (Phi) is 37.0. The second-order valence-electron chi connectivity index (χ2n) is 25.3. The second kappa shape index (κ2) is 41.0. The highest BCUT2D eigenvalue weighted by Gasteiger charge is 2.34. The van der Waals surface area contributed by atoms with Gasteiger partial charge in [-0.3, -0.25) is 5.21 Å². The fraction of sp³-hybridized carbons (Fsp3) is 0.397. The number of carboxylic acids is 1. The molecule has 0 spiro atoms. The first kappa shape index (κ1) is 87.5. The molecule has 6 nitrogen and oxygen atoms in total. The number of rotatable bonds is 10. The molecule has 0 aliphatic rings. The van der Waals surface area contributed by atoms with Crippen LogP contribution in [0.1, 0.15) is 246 Å². The summed E-state index contributed by atoms with van der Waals surface area (Å²) in [5.74, 6) is 2.30. The van der Waals surface area contributed by atoms with E-state index in [1.165, 1.54) is 59.2 Å². The highest BCUT2D eigenvalue weighted by molar-refractivity contribution is 6.31. The highest BCUT2D eigenvalue weighted by Crippen LogP contribution is 2.38. The molecule has 6 aromatic carbocycles. The smallest absolute Gasteiger partial charge is 0.416 e. The molecule has 0 radical (unpaired) electrons. The van der Waals surface area contributed by atoms with E-state index in [1.54, 1.807) is 70.7 Å². The number of carbonyl (C=O) groups is 1. The Morgan fingerprint density at radius 3 is 1.16 bits per heavy atom. The number of methoxy groups -OCH3 is 1. The van der Waals surface area contributed by atoms with Crippen LogP contribution < -0.4 is 9.47 Å². The number of benzene rings is 6. The first-order valence-electron chi connectivity index (χ1n) is 31.7. The van der Waals surface area contributed by atoms with Crippen LogP contribution in [0, 0.1) is 32.4 Å². The summed E-state index contributed by atoms with van der Waals surface area (Å²) in [6.45, 7) is 37.8. The van der Waals surface area contributed by atoms with Gasteiger partial charge < -0.3 is 9.84 Å². The Hall–Kier alpha value is -7.50. The summed E-state index contributed by atoms with van der Waals surface area (Å²) in [5.41, 5.74) is 8.97. The van der Waals surface area contributed by atoms with Crippen LogP contribution in [0.4, 0.5) is 48.3 Å². The number of alkyl halides is 9. The molecule has 2 N–H and O–H groups in total. The van der Waals surface area contributed by atoms with Gasteiger partial charge in [0.15, 0.2) is 0 Å². The van der Waals surface area contributed by atoms with Crippen LogP contribution in [0.25, 0.3) is 0 Å². The molecule has 0 aliphatic heterocycles. The van der Waals surface area contributed by atoms with E-state index in [0.717, 1.165) is 68.1 Å². The summed E-state index contributed by atoms with van der Waals surface area (Å²) in [7, 11) is 1.68. The Balaban J connectivity index is 0.000000556. The molecule has 0 saturated carbocycles. The largest absolute Gasteiger partial charge is 0.497 e. The molecule has 0 amide bonds. The van der Waals surface area contributed by atoms with Crippen molar-refractivity contribution < 1.29 is 72.9 Å². The van der Waals surface area contributed by atoms with E-state index in [-0.39, 0.29) is 50.7 Å². The lowest BCUT2D eigenvalue weighted by Crippen LogP contribution is -2.28. The first-order valence-corrected chi connectivity index (χ1v) is 32.5. The van der Waals surface area contributed by atoms with Gasteiger partial charge in [-0.1, -0.05) is 183 Å². The van der Waals surface area contributed by atoms with Gasteiger partial charge >= 0.3 is 24.5 Å². The third-order valence-electron chi connectivity index (χ3n) is 14.7. The molecule has 97 heavy (non-hydrogen) atoms. The van der Waals surface area contributed by atoms with Crippen LogP contribution in [0.5, 0.6) is 5.75 Å². The summed E-state index contributed by atoms with van der Waals surface area (Å²) >= 11 is 11.3. The number of pyridine rings is 2. The molecule has 0 fully saturated rings. The number of aromatic carboxylic acids is 1. The number of ether oxygens (including phenoxy) is 1. The lowest BCUT2D eigenvalue weighted by atomic mass is 9.96. The number of hydrogen-bond donors (Lipinski definition) is 2. The minimum absolute atomic E-state index is 0.0967. The van der Waals surface area contributed by atoms with E-state index in [0.29, 0.717) is 35.2 Å². The van der Waals surface area contributed by atoms with Crippen LogP contribution >= 0.6 is 23.2 Å². The lowest BCUT2D eigenvalue weighted by Gasteiger charge is -2.15. The third kappa shape index (κ3) is 32.2. The minimum Gasteiger partial charge on any atom is -0.497 e. The van der Waals surface area contributed by atoms with Crippen LogP contribution in [0.3, 0.4) is 0 Å². The Morgan fingerprint density at radius 1 is 0.454 bits per heavy atom. The SMILES string of the molecule is CC(C)c1ccc(C(=O)O)nc1.CC(C)c1ccc(C(F)(F)F)cc1Cl.CC(C)c1ccc(Cl)cc1C(F)(F)F.CC(C)c1ccc[n+](O)c1.COc1ccc(C(C)C)cc1.Cc1cc(C(F)(F)F)ccc1C(C)C.Cc1cc(F)ccc1C(C)C.Cc1cc(F)ccc1C(C)C. The van der Waals surface area contributed by atoms with Crippen molar-refractivity contribution in [2.24, 2.45) is 0 Å². The van der Waals surface area contributed by atoms with E-state index in [4.69, 9.17) is 38.3 Å². The highest BCUT2D eigenvalue weighted by atomic mass is 35.5. The van der Waals surface area contributed by atoms with Gasteiger partial charge in [-0.25, -0.2) is 18.6 Å². The predicted molar refractivity (Wildman–Crippen MR) is 372 cm³/mol. The third-order valence-corrected chi connectivity index (χ3v) is 15.3. The van der Waals surface area contributed by atoms with Gasteiger partial charge in [-0.05, 0) is 209 Å². The maximum atomic E-state index is 12.6. The molecule has 0 unspecified atom stereocenters. The topological polar surface area (TPSA) is 83.5 Å². The van der Waals surface area contributed by atoms with Crippen LogP contribution in [-0.2, 0) is 18.5 Å². The van der Waals surface area contributed by atoms with Crippen molar-refractivity contribution in [2.45, 2.75) is 197 Å². The average Bonchev–Trinajstić information content (AvgIpc) is 0.840. The molecule has 0 saturated heterocycles. The van der Waals surface area contributed by atoms with Gasteiger partial charge in [0.05, 0.1) is 23.8 Å². The van der Waals surface area contributed by atoms with Gasteiger partial charge in [0, 0.05) is 32.6 Å². The Bertz CT molecular complexity index is 3510. The zero-order valence-corrected chi connectivity index (χ0v) is 60.7. The molecule has 0 aliphatic carbocycles. The normalized spacial score (nSPS) is 11.2. The molecule has 8 aromatic rings. The van der Waals surface area contributed by atoms with E-state index in [2.05, 4.69) is 72.5 Å². The van der Waals surface area contributed by atoms with Gasteiger partial charge in [-0.15, -0.1) is 0 Å². The van der Waals surface area contributed by atoms with Gasteiger partial charge in [0.1, 0.15) is 23.1 Å². The first-order chi connectivity index (χ1) is 44.7. The van der Waals surface area contributed by atoms with Crippen molar-refractivity contribution in [2.75, 3.05) is 7.11 Å².